The summed E-state index contributed by atoms with van der Waals surface area (Å²) in [7, 11) is 1.56. The van der Waals surface area contributed by atoms with E-state index in [9.17, 15) is 9.18 Å². The number of hydrogen-bond acceptors (Lipinski definition) is 5. The maximum atomic E-state index is 13.7. The van der Waals surface area contributed by atoms with E-state index in [4.69, 9.17) is 4.74 Å². The minimum atomic E-state index is -0.531. The Labute approximate surface area is 150 Å². The van der Waals surface area contributed by atoms with Crippen molar-refractivity contribution in [3.8, 4) is 5.75 Å². The normalized spacial score (nSPS) is 10.3. The van der Waals surface area contributed by atoms with Gasteiger partial charge in [0.15, 0.2) is 0 Å². The number of carbonyl (C=O) groups is 1. The van der Waals surface area contributed by atoms with Gasteiger partial charge in [-0.1, -0.05) is 18.2 Å². The van der Waals surface area contributed by atoms with Gasteiger partial charge >= 0.3 is 0 Å². The number of aryl methyl sites for hydroxylation is 1. The van der Waals surface area contributed by atoms with Crippen molar-refractivity contribution in [2.45, 2.75) is 6.92 Å². The summed E-state index contributed by atoms with van der Waals surface area (Å²) >= 11 is 0. The van der Waals surface area contributed by atoms with E-state index >= 15 is 0 Å². The molecule has 0 fully saturated rings. The molecule has 1 heterocycles. The number of hydrogen-bond donors (Lipinski definition) is 2. The van der Waals surface area contributed by atoms with Crippen LogP contribution in [0.5, 0.6) is 5.75 Å². The van der Waals surface area contributed by atoms with Crippen LogP contribution in [0.1, 0.15) is 16.1 Å². The maximum Gasteiger partial charge on any atom is 0.274 e. The summed E-state index contributed by atoms with van der Waals surface area (Å²) in [5.74, 6) is -0.190. The smallest absolute Gasteiger partial charge is 0.274 e. The fourth-order valence-electron chi connectivity index (χ4n) is 2.33. The van der Waals surface area contributed by atoms with E-state index in [-0.39, 0.29) is 17.3 Å². The zero-order valence-electron chi connectivity index (χ0n) is 14.3. The second-order valence-electron chi connectivity index (χ2n) is 5.53. The first-order valence-electron chi connectivity index (χ1n) is 7.87. The Balaban J connectivity index is 1.81. The molecule has 0 saturated carbocycles. The largest absolute Gasteiger partial charge is 0.495 e. The molecule has 1 aromatic heterocycles. The van der Waals surface area contributed by atoms with Crippen LogP contribution in [0.25, 0.3) is 0 Å². The highest BCUT2D eigenvalue weighted by atomic mass is 19.1. The SMILES string of the molecule is COc1ccc(C)cc1Nc1nccc(C(=O)Nc2ccccc2F)n1. The number of nitrogens with one attached hydrogen (secondary N) is 2. The van der Waals surface area contributed by atoms with Crippen molar-refractivity contribution in [1.82, 2.24) is 9.97 Å². The van der Waals surface area contributed by atoms with Crippen molar-refractivity contribution in [2.75, 3.05) is 17.7 Å². The second-order valence-corrected chi connectivity index (χ2v) is 5.53. The molecular weight excluding hydrogens is 335 g/mol. The molecule has 0 saturated heterocycles. The average Bonchev–Trinajstić information content (AvgIpc) is 2.64. The number of amides is 1. The molecule has 0 unspecified atom stereocenters. The molecule has 3 aromatic rings. The number of anilines is 3. The first kappa shape index (κ1) is 17.3. The molecule has 3 rings (SSSR count). The van der Waals surface area contributed by atoms with E-state index in [1.165, 1.54) is 24.4 Å². The number of carbonyl (C=O) groups excluding carboxylic acids is 1. The number of methoxy groups -OCH3 is 1. The van der Waals surface area contributed by atoms with E-state index in [2.05, 4.69) is 20.6 Å². The van der Waals surface area contributed by atoms with Gasteiger partial charge in [0.2, 0.25) is 5.95 Å². The Bertz CT molecular complexity index is 946. The monoisotopic (exact) mass is 352 g/mol. The predicted molar refractivity (Wildman–Crippen MR) is 97.4 cm³/mol. The third-order valence-corrected chi connectivity index (χ3v) is 3.61. The molecule has 1 amide bonds. The molecule has 6 nitrogen and oxygen atoms in total. The van der Waals surface area contributed by atoms with Crippen LogP contribution in [-0.2, 0) is 0 Å². The van der Waals surface area contributed by atoms with Gasteiger partial charge in [-0.05, 0) is 42.8 Å². The Morgan fingerprint density at radius 1 is 1.12 bits per heavy atom. The number of rotatable bonds is 5. The lowest BCUT2D eigenvalue weighted by atomic mass is 10.2. The first-order valence-corrected chi connectivity index (χ1v) is 7.87. The zero-order chi connectivity index (χ0) is 18.5. The Morgan fingerprint density at radius 3 is 2.69 bits per heavy atom. The summed E-state index contributed by atoms with van der Waals surface area (Å²) in [6.07, 6.45) is 1.45. The lowest BCUT2D eigenvalue weighted by Gasteiger charge is -2.11. The molecule has 26 heavy (non-hydrogen) atoms. The van der Waals surface area contributed by atoms with E-state index in [1.807, 2.05) is 25.1 Å². The fourth-order valence-corrected chi connectivity index (χ4v) is 2.33. The van der Waals surface area contributed by atoms with E-state index < -0.39 is 11.7 Å². The highest BCUT2D eigenvalue weighted by molar-refractivity contribution is 6.03. The van der Waals surface area contributed by atoms with Gasteiger partial charge in [0.1, 0.15) is 17.3 Å². The quantitative estimate of drug-likeness (QED) is 0.728. The van der Waals surface area contributed by atoms with E-state index in [1.54, 1.807) is 19.2 Å². The second kappa shape index (κ2) is 7.60. The maximum absolute atomic E-state index is 13.7. The molecule has 0 aliphatic heterocycles. The molecule has 0 aliphatic rings. The summed E-state index contributed by atoms with van der Waals surface area (Å²) in [6.45, 7) is 1.95. The summed E-state index contributed by atoms with van der Waals surface area (Å²) < 4.78 is 19.0. The third-order valence-electron chi connectivity index (χ3n) is 3.61. The molecule has 0 radical (unpaired) electrons. The molecule has 0 aliphatic carbocycles. The van der Waals surface area contributed by atoms with Crippen LogP contribution in [0, 0.1) is 12.7 Å². The molecule has 132 valence electrons. The molecule has 0 bridgehead atoms. The number of nitrogens with zero attached hydrogens (tertiary/aromatic N) is 2. The molecule has 0 atom stereocenters. The fraction of sp³-hybridized carbons (Fsp3) is 0.105. The van der Waals surface area contributed by atoms with Crippen LogP contribution in [0.3, 0.4) is 0 Å². The van der Waals surface area contributed by atoms with Crippen molar-refractivity contribution in [2.24, 2.45) is 0 Å². The Hall–Kier alpha value is -3.48. The van der Waals surface area contributed by atoms with Crippen molar-refractivity contribution >= 4 is 23.2 Å². The standard InChI is InChI=1S/C19H17FN4O2/c1-12-7-8-17(26-2)16(11-12)24-19-21-10-9-15(23-19)18(25)22-14-6-4-3-5-13(14)20/h3-11H,1-2H3,(H,22,25)(H,21,23,24). The van der Waals surface area contributed by atoms with Gasteiger partial charge in [0.25, 0.3) is 5.91 Å². The number of halogens is 1. The lowest BCUT2D eigenvalue weighted by molar-refractivity contribution is 0.102. The van der Waals surface area contributed by atoms with Gasteiger partial charge in [0, 0.05) is 6.20 Å². The van der Waals surface area contributed by atoms with Crippen molar-refractivity contribution in [3.05, 3.63) is 71.8 Å². The molecule has 0 spiro atoms. The average molecular weight is 352 g/mol. The molecule has 7 heteroatoms. The lowest BCUT2D eigenvalue weighted by Crippen LogP contribution is -2.15. The molecular formula is C19H17FN4O2. The van der Waals surface area contributed by atoms with Gasteiger partial charge in [0.05, 0.1) is 18.5 Å². The van der Waals surface area contributed by atoms with Crippen molar-refractivity contribution in [3.63, 3.8) is 0 Å². The van der Waals surface area contributed by atoms with Crippen molar-refractivity contribution in [1.29, 1.82) is 0 Å². The summed E-state index contributed by atoms with van der Waals surface area (Å²) in [5.41, 5.74) is 1.91. The topological polar surface area (TPSA) is 76.1 Å². The van der Waals surface area contributed by atoms with Gasteiger partial charge in [-0.2, -0.15) is 0 Å². The number of para-hydroxylation sites is 1. The van der Waals surface area contributed by atoms with Gasteiger partial charge < -0.3 is 15.4 Å². The zero-order valence-corrected chi connectivity index (χ0v) is 14.3. The first-order chi connectivity index (χ1) is 12.6. The number of ether oxygens (including phenoxy) is 1. The predicted octanol–water partition coefficient (Wildman–Crippen LogP) is 3.93. The van der Waals surface area contributed by atoms with Crippen molar-refractivity contribution < 1.29 is 13.9 Å². The molecule has 2 aromatic carbocycles. The van der Waals surface area contributed by atoms with Gasteiger partial charge in [-0.3, -0.25) is 4.79 Å². The van der Waals surface area contributed by atoms with Crippen LogP contribution in [0.15, 0.2) is 54.7 Å². The Kier molecular flexibility index (Phi) is 5.07. The number of benzene rings is 2. The summed E-state index contributed by atoms with van der Waals surface area (Å²) in [6, 6.07) is 13.0. The Morgan fingerprint density at radius 2 is 1.92 bits per heavy atom. The highest BCUT2D eigenvalue weighted by Crippen LogP contribution is 2.27. The van der Waals surface area contributed by atoms with Crippen LogP contribution in [0.2, 0.25) is 0 Å². The van der Waals surface area contributed by atoms with E-state index in [0.717, 1.165) is 5.56 Å². The van der Waals surface area contributed by atoms with Crippen LogP contribution < -0.4 is 15.4 Å². The molecule has 2 N–H and O–H groups in total. The third kappa shape index (κ3) is 3.94. The van der Waals surface area contributed by atoms with Crippen LogP contribution in [-0.4, -0.2) is 23.0 Å². The highest BCUT2D eigenvalue weighted by Gasteiger charge is 2.12. The van der Waals surface area contributed by atoms with E-state index in [0.29, 0.717) is 11.4 Å². The number of aromatic nitrogens is 2. The van der Waals surface area contributed by atoms with Gasteiger partial charge in [-0.25, -0.2) is 14.4 Å². The van der Waals surface area contributed by atoms with Crippen LogP contribution in [0.4, 0.5) is 21.7 Å². The minimum Gasteiger partial charge on any atom is -0.495 e. The summed E-state index contributed by atoms with van der Waals surface area (Å²) in [5, 5.41) is 5.53. The minimum absolute atomic E-state index is 0.0889. The summed E-state index contributed by atoms with van der Waals surface area (Å²) in [4.78, 5) is 20.6. The van der Waals surface area contributed by atoms with Gasteiger partial charge in [-0.15, -0.1) is 0 Å². The van der Waals surface area contributed by atoms with Crippen LogP contribution >= 0.6 is 0 Å².